The lowest BCUT2D eigenvalue weighted by molar-refractivity contribution is 0.272. The maximum atomic E-state index is 9.42. The van der Waals surface area contributed by atoms with Gasteiger partial charge in [-0.05, 0) is 43.7 Å². The predicted octanol–water partition coefficient (Wildman–Crippen LogP) is 3.48. The van der Waals surface area contributed by atoms with Gasteiger partial charge in [0.1, 0.15) is 0 Å². The van der Waals surface area contributed by atoms with Gasteiger partial charge in [0, 0.05) is 41.2 Å². The molecule has 0 spiro atoms. The van der Waals surface area contributed by atoms with Crippen molar-refractivity contribution in [3.63, 3.8) is 0 Å². The molecule has 24 heavy (non-hydrogen) atoms. The van der Waals surface area contributed by atoms with Gasteiger partial charge in [-0.3, -0.25) is 0 Å². The topological polar surface area (TPSA) is 61.5 Å². The van der Waals surface area contributed by atoms with Gasteiger partial charge in [-0.25, -0.2) is 0 Å². The molecule has 0 saturated heterocycles. The fourth-order valence-electron chi connectivity index (χ4n) is 3.08. The Balaban J connectivity index is 2.13. The van der Waals surface area contributed by atoms with Crippen molar-refractivity contribution in [2.75, 3.05) is 18.1 Å². The van der Waals surface area contributed by atoms with E-state index >= 15 is 0 Å². The van der Waals surface area contributed by atoms with Crippen LogP contribution < -0.4 is 16.0 Å². The van der Waals surface area contributed by atoms with E-state index in [-0.39, 0.29) is 12.6 Å². The van der Waals surface area contributed by atoms with Crippen molar-refractivity contribution in [3.8, 4) is 0 Å². The van der Waals surface area contributed by atoms with Crippen LogP contribution in [0, 0.1) is 0 Å². The van der Waals surface area contributed by atoms with Gasteiger partial charge in [0.15, 0.2) is 0 Å². The van der Waals surface area contributed by atoms with Crippen molar-refractivity contribution in [2.45, 2.75) is 19.4 Å². The lowest BCUT2D eigenvalue weighted by Gasteiger charge is -2.27. The van der Waals surface area contributed by atoms with Crippen LogP contribution in [0.2, 0.25) is 5.02 Å². The molecule has 1 aliphatic rings. The van der Waals surface area contributed by atoms with Crippen LogP contribution in [0.3, 0.4) is 0 Å². The number of nitrogens with one attached hydrogen (secondary N) is 1. The van der Waals surface area contributed by atoms with E-state index in [2.05, 4.69) is 22.3 Å². The van der Waals surface area contributed by atoms with Gasteiger partial charge in [-0.1, -0.05) is 29.8 Å². The van der Waals surface area contributed by atoms with Crippen LogP contribution in [-0.4, -0.2) is 24.3 Å². The Labute approximate surface area is 147 Å². The predicted molar refractivity (Wildman–Crippen MR) is 100 cm³/mol. The number of nitrogens with two attached hydrogens (primary N) is 1. The number of aliphatic hydroxyl groups is 1. The third-order valence-electron chi connectivity index (χ3n) is 4.23. The molecule has 1 aliphatic heterocycles. The van der Waals surface area contributed by atoms with Crippen molar-refractivity contribution in [1.82, 2.24) is 5.32 Å². The summed E-state index contributed by atoms with van der Waals surface area (Å²) in [5, 5.41) is 13.6. The fourth-order valence-corrected chi connectivity index (χ4v) is 3.20. The van der Waals surface area contributed by atoms with Crippen LogP contribution in [0.4, 0.5) is 11.4 Å². The number of fused-ring (bicyclic) bond motifs is 1. The molecule has 0 saturated carbocycles. The van der Waals surface area contributed by atoms with Crippen molar-refractivity contribution < 1.29 is 5.11 Å². The molecule has 1 atom stereocenters. The van der Waals surface area contributed by atoms with E-state index < -0.39 is 0 Å². The molecule has 3 rings (SSSR count). The molecule has 126 valence electrons. The summed E-state index contributed by atoms with van der Waals surface area (Å²) in [6.45, 7) is 2.75. The first-order valence-electron chi connectivity index (χ1n) is 8.06. The molecule has 1 heterocycles. The number of hydrogen-bond donors (Lipinski definition) is 3. The summed E-state index contributed by atoms with van der Waals surface area (Å²) in [6, 6.07) is 16.1. The highest BCUT2D eigenvalue weighted by atomic mass is 35.5. The number of rotatable bonds is 3. The standard InChI is InChI=1S/C19H22ClN3O/c1-13(21)19-17-4-2-3-5-18(17)23(12-15(22-19)10-11-24)16-8-6-14(20)7-9-16/h2-9,15,22,24H,10-12,21H2,1H3/b19-13-. The average Bonchev–Trinajstić information content (AvgIpc) is 2.74. The van der Waals surface area contributed by atoms with Crippen LogP contribution >= 0.6 is 11.6 Å². The molecule has 0 fully saturated rings. The van der Waals surface area contributed by atoms with Crippen LogP contribution in [0.25, 0.3) is 5.70 Å². The SMILES string of the molecule is C/C(N)=C1/NC(CCO)CN(c2ccc(Cl)cc2)c2ccccc21. The first-order valence-corrected chi connectivity index (χ1v) is 8.44. The highest BCUT2D eigenvalue weighted by Gasteiger charge is 2.25. The molecular weight excluding hydrogens is 322 g/mol. The molecule has 0 amide bonds. The molecule has 2 aromatic carbocycles. The Hall–Kier alpha value is -2.17. The van der Waals surface area contributed by atoms with Crippen molar-refractivity contribution in [1.29, 1.82) is 0 Å². The number of halogens is 1. The molecule has 1 unspecified atom stereocenters. The lowest BCUT2D eigenvalue weighted by Crippen LogP contribution is -2.37. The minimum absolute atomic E-state index is 0.0894. The molecule has 0 aromatic heterocycles. The summed E-state index contributed by atoms with van der Waals surface area (Å²) in [5.74, 6) is 0. The van der Waals surface area contributed by atoms with E-state index in [1.807, 2.05) is 43.3 Å². The Morgan fingerprint density at radius 2 is 1.96 bits per heavy atom. The van der Waals surface area contributed by atoms with Gasteiger partial charge in [0.05, 0.1) is 11.4 Å². The van der Waals surface area contributed by atoms with Gasteiger partial charge >= 0.3 is 0 Å². The second kappa shape index (κ2) is 7.16. The van der Waals surface area contributed by atoms with Crippen molar-refractivity contribution in [3.05, 3.63) is 64.8 Å². The Kier molecular flexibility index (Phi) is 4.97. The monoisotopic (exact) mass is 343 g/mol. The Morgan fingerprint density at radius 1 is 1.25 bits per heavy atom. The number of anilines is 2. The van der Waals surface area contributed by atoms with E-state index in [4.69, 9.17) is 17.3 Å². The number of benzene rings is 2. The first-order chi connectivity index (χ1) is 11.6. The summed E-state index contributed by atoms with van der Waals surface area (Å²) >= 11 is 6.04. The highest BCUT2D eigenvalue weighted by molar-refractivity contribution is 6.30. The molecule has 0 aliphatic carbocycles. The fraction of sp³-hybridized carbons (Fsp3) is 0.263. The summed E-state index contributed by atoms with van der Waals surface area (Å²) in [6.07, 6.45) is 0.648. The van der Waals surface area contributed by atoms with Crippen LogP contribution in [-0.2, 0) is 0 Å². The van der Waals surface area contributed by atoms with Crippen molar-refractivity contribution >= 4 is 28.7 Å². The molecule has 4 N–H and O–H groups in total. The van der Waals surface area contributed by atoms with Gasteiger partial charge in [-0.2, -0.15) is 0 Å². The smallest absolute Gasteiger partial charge is 0.0625 e. The van der Waals surface area contributed by atoms with Crippen LogP contribution in [0.15, 0.2) is 54.2 Å². The second-order valence-electron chi connectivity index (χ2n) is 6.02. The van der Waals surface area contributed by atoms with Crippen molar-refractivity contribution in [2.24, 2.45) is 5.73 Å². The van der Waals surface area contributed by atoms with Gasteiger partial charge in [-0.15, -0.1) is 0 Å². The third-order valence-corrected chi connectivity index (χ3v) is 4.48. The second-order valence-corrected chi connectivity index (χ2v) is 6.45. The third kappa shape index (κ3) is 3.35. The minimum Gasteiger partial charge on any atom is -0.401 e. The zero-order valence-electron chi connectivity index (χ0n) is 13.7. The number of aliphatic hydroxyl groups excluding tert-OH is 1. The van der Waals surface area contributed by atoms with E-state index in [1.165, 1.54) is 0 Å². The van der Waals surface area contributed by atoms with Gasteiger partial charge < -0.3 is 21.1 Å². The van der Waals surface area contributed by atoms with E-state index in [0.29, 0.717) is 11.4 Å². The van der Waals surface area contributed by atoms with E-state index in [1.54, 1.807) is 0 Å². The highest BCUT2D eigenvalue weighted by Crippen LogP contribution is 2.35. The molecule has 4 nitrogen and oxygen atoms in total. The normalized spacial score (nSPS) is 19.3. The quantitative estimate of drug-likeness (QED) is 0.798. The number of nitrogens with zero attached hydrogens (tertiary/aromatic N) is 1. The summed E-state index contributed by atoms with van der Waals surface area (Å²) in [4.78, 5) is 2.24. The van der Waals surface area contributed by atoms with Gasteiger partial charge in [0.2, 0.25) is 0 Å². The van der Waals surface area contributed by atoms with E-state index in [9.17, 15) is 5.11 Å². The molecule has 2 aromatic rings. The van der Waals surface area contributed by atoms with Crippen LogP contribution in [0.5, 0.6) is 0 Å². The zero-order chi connectivity index (χ0) is 17.1. The Bertz CT molecular complexity index is 739. The minimum atomic E-state index is 0.0894. The zero-order valence-corrected chi connectivity index (χ0v) is 14.4. The van der Waals surface area contributed by atoms with Crippen LogP contribution in [0.1, 0.15) is 18.9 Å². The molecule has 0 bridgehead atoms. The lowest BCUT2D eigenvalue weighted by atomic mass is 10.1. The maximum absolute atomic E-state index is 9.42. The number of allylic oxidation sites excluding steroid dienone is 1. The largest absolute Gasteiger partial charge is 0.401 e. The molecule has 0 radical (unpaired) electrons. The van der Waals surface area contributed by atoms with Gasteiger partial charge in [0.25, 0.3) is 0 Å². The summed E-state index contributed by atoms with van der Waals surface area (Å²) in [5.41, 5.74) is 11.0. The Morgan fingerprint density at radius 3 is 2.62 bits per heavy atom. The first kappa shape index (κ1) is 16.7. The summed E-state index contributed by atoms with van der Waals surface area (Å²) in [7, 11) is 0. The average molecular weight is 344 g/mol. The number of hydrogen-bond acceptors (Lipinski definition) is 4. The molecular formula is C19H22ClN3O. The number of para-hydroxylation sites is 1. The molecule has 5 heteroatoms. The maximum Gasteiger partial charge on any atom is 0.0625 e. The van der Waals surface area contributed by atoms with E-state index in [0.717, 1.165) is 34.9 Å². The summed E-state index contributed by atoms with van der Waals surface area (Å²) < 4.78 is 0.